The highest BCUT2D eigenvalue weighted by molar-refractivity contribution is 5.73. The van der Waals surface area contributed by atoms with Crippen molar-refractivity contribution in [2.24, 2.45) is 0 Å². The van der Waals surface area contributed by atoms with E-state index in [9.17, 15) is 4.79 Å². The van der Waals surface area contributed by atoms with E-state index in [4.69, 9.17) is 4.74 Å². The van der Waals surface area contributed by atoms with E-state index in [0.29, 0.717) is 5.95 Å². The summed E-state index contributed by atoms with van der Waals surface area (Å²) in [5, 5.41) is 3.30. The second kappa shape index (κ2) is 7.12. The van der Waals surface area contributed by atoms with Crippen LogP contribution in [0.3, 0.4) is 0 Å². The maximum absolute atomic E-state index is 11.4. The first-order valence-electron chi connectivity index (χ1n) is 8.33. The first kappa shape index (κ1) is 16.0. The summed E-state index contributed by atoms with van der Waals surface area (Å²) in [6.45, 7) is 8.32. The van der Waals surface area contributed by atoms with Gasteiger partial charge in [-0.05, 0) is 19.8 Å². The highest BCUT2D eigenvalue weighted by atomic mass is 16.5. The molecule has 0 aromatic carbocycles. The molecule has 0 spiro atoms. The summed E-state index contributed by atoms with van der Waals surface area (Å²) in [7, 11) is 0. The Balaban J connectivity index is 1.62. The highest BCUT2D eigenvalue weighted by Gasteiger charge is 2.21. The van der Waals surface area contributed by atoms with Gasteiger partial charge >= 0.3 is 0 Å². The van der Waals surface area contributed by atoms with Gasteiger partial charge in [-0.25, -0.2) is 4.98 Å². The molecule has 1 aromatic rings. The number of hydrogen-bond acceptors (Lipinski definition) is 6. The number of rotatable bonds is 4. The number of nitrogens with one attached hydrogen (secondary N) is 1. The number of hydrogen-bond donors (Lipinski definition) is 1. The molecule has 3 heterocycles. The van der Waals surface area contributed by atoms with Crippen LogP contribution in [-0.4, -0.2) is 66.2 Å². The minimum atomic E-state index is 0.141. The predicted octanol–water partition coefficient (Wildman–Crippen LogP) is 1.04. The Bertz CT molecular complexity index is 551. The number of carbonyl (C=O) groups is 1. The van der Waals surface area contributed by atoms with E-state index in [1.807, 2.05) is 17.9 Å². The van der Waals surface area contributed by atoms with Crippen molar-refractivity contribution in [1.82, 2.24) is 14.9 Å². The summed E-state index contributed by atoms with van der Waals surface area (Å²) in [5.74, 6) is 1.72. The molecule has 1 atom stereocenters. The number of piperazine rings is 1. The fourth-order valence-corrected chi connectivity index (χ4v) is 3.05. The molecule has 126 valence electrons. The fraction of sp³-hybridized carbons (Fsp3) is 0.688. The molecule has 2 saturated heterocycles. The first-order valence-corrected chi connectivity index (χ1v) is 8.33. The van der Waals surface area contributed by atoms with E-state index in [1.165, 1.54) is 0 Å². The maximum Gasteiger partial charge on any atom is 0.224 e. The van der Waals surface area contributed by atoms with Crippen molar-refractivity contribution in [3.63, 3.8) is 0 Å². The lowest BCUT2D eigenvalue weighted by atomic mass is 10.2. The zero-order chi connectivity index (χ0) is 16.2. The summed E-state index contributed by atoms with van der Waals surface area (Å²) < 4.78 is 5.62. The monoisotopic (exact) mass is 319 g/mol. The molecular weight excluding hydrogens is 294 g/mol. The average Bonchev–Trinajstić information content (AvgIpc) is 3.06. The van der Waals surface area contributed by atoms with Crippen LogP contribution < -0.4 is 10.2 Å². The third kappa shape index (κ3) is 4.10. The van der Waals surface area contributed by atoms with Crippen LogP contribution in [0, 0.1) is 6.92 Å². The zero-order valence-electron chi connectivity index (χ0n) is 13.9. The van der Waals surface area contributed by atoms with Gasteiger partial charge in [-0.15, -0.1) is 0 Å². The summed E-state index contributed by atoms with van der Waals surface area (Å²) in [4.78, 5) is 24.6. The largest absolute Gasteiger partial charge is 0.376 e. The molecule has 0 aliphatic carbocycles. The number of carbonyl (C=O) groups excluding carboxylic acids is 1. The van der Waals surface area contributed by atoms with Crippen molar-refractivity contribution in [2.75, 3.05) is 49.5 Å². The minimum Gasteiger partial charge on any atom is -0.376 e. The SMILES string of the molecule is CC(=O)N1CCN(c2cc(C)nc(NCC3CCCO3)n2)CC1. The Morgan fingerprint density at radius 2 is 2.13 bits per heavy atom. The lowest BCUT2D eigenvalue weighted by Crippen LogP contribution is -2.48. The molecule has 0 bridgehead atoms. The van der Waals surface area contributed by atoms with Crippen LogP contribution in [0.4, 0.5) is 11.8 Å². The van der Waals surface area contributed by atoms with Crippen LogP contribution in [0.15, 0.2) is 6.07 Å². The van der Waals surface area contributed by atoms with Crippen molar-refractivity contribution < 1.29 is 9.53 Å². The second-order valence-corrected chi connectivity index (χ2v) is 6.20. The topological polar surface area (TPSA) is 70.6 Å². The lowest BCUT2D eigenvalue weighted by Gasteiger charge is -2.35. The van der Waals surface area contributed by atoms with E-state index < -0.39 is 0 Å². The van der Waals surface area contributed by atoms with Gasteiger partial charge in [0.2, 0.25) is 11.9 Å². The number of aromatic nitrogens is 2. The van der Waals surface area contributed by atoms with E-state index in [1.54, 1.807) is 6.92 Å². The summed E-state index contributed by atoms with van der Waals surface area (Å²) in [6.07, 6.45) is 2.49. The van der Waals surface area contributed by atoms with Gasteiger partial charge in [0.15, 0.2) is 0 Å². The van der Waals surface area contributed by atoms with E-state index >= 15 is 0 Å². The van der Waals surface area contributed by atoms with Gasteiger partial charge in [0, 0.05) is 58.0 Å². The maximum atomic E-state index is 11.4. The number of amides is 1. The zero-order valence-corrected chi connectivity index (χ0v) is 13.9. The van der Waals surface area contributed by atoms with Gasteiger partial charge in [0.1, 0.15) is 5.82 Å². The van der Waals surface area contributed by atoms with Crippen molar-refractivity contribution in [1.29, 1.82) is 0 Å². The number of aryl methyl sites for hydroxylation is 1. The van der Waals surface area contributed by atoms with Crippen molar-refractivity contribution in [3.05, 3.63) is 11.8 Å². The molecule has 23 heavy (non-hydrogen) atoms. The minimum absolute atomic E-state index is 0.141. The number of anilines is 2. The molecule has 0 saturated carbocycles. The van der Waals surface area contributed by atoms with E-state index in [0.717, 1.165) is 63.7 Å². The van der Waals surface area contributed by atoms with Crippen LogP contribution >= 0.6 is 0 Å². The lowest BCUT2D eigenvalue weighted by molar-refractivity contribution is -0.129. The second-order valence-electron chi connectivity index (χ2n) is 6.20. The molecule has 1 aromatic heterocycles. The Hall–Kier alpha value is -1.89. The molecule has 1 N–H and O–H groups in total. The molecule has 7 heteroatoms. The number of nitrogens with zero attached hydrogens (tertiary/aromatic N) is 4. The van der Waals surface area contributed by atoms with E-state index in [2.05, 4.69) is 20.2 Å². The molecule has 1 unspecified atom stereocenters. The third-order valence-corrected chi connectivity index (χ3v) is 4.40. The predicted molar refractivity (Wildman–Crippen MR) is 88.7 cm³/mol. The Labute approximate surface area is 137 Å². The molecule has 2 aliphatic heterocycles. The smallest absolute Gasteiger partial charge is 0.224 e. The molecular formula is C16H25N5O2. The summed E-state index contributed by atoms with van der Waals surface area (Å²) in [6, 6.07) is 2.00. The van der Waals surface area contributed by atoms with Crippen molar-refractivity contribution >= 4 is 17.7 Å². The molecule has 7 nitrogen and oxygen atoms in total. The first-order chi connectivity index (χ1) is 11.1. The van der Waals surface area contributed by atoms with Crippen LogP contribution in [0.25, 0.3) is 0 Å². The quantitative estimate of drug-likeness (QED) is 0.894. The van der Waals surface area contributed by atoms with Gasteiger partial charge in [-0.1, -0.05) is 0 Å². The van der Waals surface area contributed by atoms with Crippen LogP contribution in [0.1, 0.15) is 25.5 Å². The van der Waals surface area contributed by atoms with Crippen LogP contribution in [0.2, 0.25) is 0 Å². The Morgan fingerprint density at radius 1 is 1.35 bits per heavy atom. The molecule has 2 fully saturated rings. The normalized spacial score (nSPS) is 21.6. The number of ether oxygens (including phenoxy) is 1. The van der Waals surface area contributed by atoms with E-state index in [-0.39, 0.29) is 12.0 Å². The fourth-order valence-electron chi connectivity index (χ4n) is 3.05. The van der Waals surface area contributed by atoms with Crippen LogP contribution in [0.5, 0.6) is 0 Å². The van der Waals surface area contributed by atoms with Gasteiger partial charge in [-0.3, -0.25) is 4.79 Å². The molecule has 2 aliphatic rings. The standard InChI is InChI=1S/C16H25N5O2/c1-12-10-15(21-7-5-20(6-8-21)13(2)22)19-16(18-12)17-11-14-4-3-9-23-14/h10,14H,3-9,11H2,1-2H3,(H,17,18,19). The van der Waals surface area contributed by atoms with Gasteiger partial charge in [-0.2, -0.15) is 4.98 Å². The Morgan fingerprint density at radius 3 is 2.78 bits per heavy atom. The Kier molecular flexibility index (Phi) is 4.95. The summed E-state index contributed by atoms with van der Waals surface area (Å²) >= 11 is 0. The molecule has 1 amide bonds. The van der Waals surface area contributed by atoms with Crippen LogP contribution in [-0.2, 0) is 9.53 Å². The van der Waals surface area contributed by atoms with Gasteiger partial charge in [0.25, 0.3) is 0 Å². The summed E-state index contributed by atoms with van der Waals surface area (Å²) in [5.41, 5.74) is 0.943. The van der Waals surface area contributed by atoms with Crippen molar-refractivity contribution in [2.45, 2.75) is 32.8 Å². The highest BCUT2D eigenvalue weighted by Crippen LogP contribution is 2.18. The third-order valence-electron chi connectivity index (χ3n) is 4.40. The van der Waals surface area contributed by atoms with Crippen molar-refractivity contribution in [3.8, 4) is 0 Å². The average molecular weight is 319 g/mol. The molecule has 0 radical (unpaired) electrons. The molecule has 3 rings (SSSR count). The van der Waals surface area contributed by atoms with Gasteiger partial charge < -0.3 is 19.9 Å². The van der Waals surface area contributed by atoms with Gasteiger partial charge in [0.05, 0.1) is 6.10 Å².